The predicted octanol–water partition coefficient (Wildman–Crippen LogP) is 1.71. The molecule has 1 aliphatic rings. The lowest BCUT2D eigenvalue weighted by Gasteiger charge is -2.13. The maximum atomic E-state index is 11.7. The molecule has 0 aromatic heterocycles. The van der Waals surface area contributed by atoms with Gasteiger partial charge in [-0.25, -0.2) is 0 Å². The van der Waals surface area contributed by atoms with E-state index < -0.39 is 0 Å². The zero-order valence-corrected chi connectivity index (χ0v) is 9.86. The molecule has 4 heteroatoms. The quantitative estimate of drug-likeness (QED) is 0.590. The fourth-order valence-electron chi connectivity index (χ4n) is 2.41. The molecule has 1 aliphatic carbocycles. The lowest BCUT2D eigenvalue weighted by Crippen LogP contribution is -2.13. The first-order valence-corrected chi connectivity index (χ1v) is 5.45. The predicted molar refractivity (Wildman–Crippen MR) is 61.5 cm³/mol. The van der Waals surface area contributed by atoms with E-state index >= 15 is 0 Å². The molecule has 0 saturated carbocycles. The average molecular weight is 234 g/mol. The van der Waals surface area contributed by atoms with Gasteiger partial charge < -0.3 is 9.47 Å². The van der Waals surface area contributed by atoms with Crippen molar-refractivity contribution in [3.8, 4) is 5.75 Å². The van der Waals surface area contributed by atoms with Crippen LogP contribution in [-0.4, -0.2) is 26.5 Å². The van der Waals surface area contributed by atoms with Gasteiger partial charge in [-0.3, -0.25) is 9.59 Å². The third-order valence-electron chi connectivity index (χ3n) is 3.21. The molecule has 0 saturated heterocycles. The molecule has 0 fully saturated rings. The van der Waals surface area contributed by atoms with Crippen LogP contribution in [0.15, 0.2) is 12.1 Å². The molecule has 90 valence electrons. The summed E-state index contributed by atoms with van der Waals surface area (Å²) in [5, 5.41) is 0. The van der Waals surface area contributed by atoms with Crippen LogP contribution in [0, 0.1) is 0 Å². The van der Waals surface area contributed by atoms with Gasteiger partial charge in [0.05, 0.1) is 25.7 Å². The second kappa shape index (κ2) is 4.57. The second-order valence-corrected chi connectivity index (χ2v) is 3.99. The first-order chi connectivity index (χ1) is 8.22. The van der Waals surface area contributed by atoms with Crippen LogP contribution in [0.4, 0.5) is 0 Å². The number of aldehydes is 1. The first kappa shape index (κ1) is 11.6. The van der Waals surface area contributed by atoms with Crippen LogP contribution in [0.25, 0.3) is 0 Å². The molecule has 1 aromatic carbocycles. The molecule has 1 atom stereocenters. The van der Waals surface area contributed by atoms with E-state index in [2.05, 4.69) is 0 Å². The van der Waals surface area contributed by atoms with Gasteiger partial charge in [0, 0.05) is 0 Å². The van der Waals surface area contributed by atoms with Crippen LogP contribution < -0.4 is 4.74 Å². The zero-order chi connectivity index (χ0) is 12.4. The number of hydrogen-bond acceptors (Lipinski definition) is 4. The monoisotopic (exact) mass is 234 g/mol. The Hall–Kier alpha value is -1.84. The second-order valence-electron chi connectivity index (χ2n) is 3.99. The number of aryl methyl sites for hydroxylation is 1. The van der Waals surface area contributed by atoms with Gasteiger partial charge in [-0.1, -0.05) is 6.07 Å². The van der Waals surface area contributed by atoms with Crippen molar-refractivity contribution in [2.75, 3.05) is 14.2 Å². The van der Waals surface area contributed by atoms with Crippen molar-refractivity contribution in [1.29, 1.82) is 0 Å². The molecular weight excluding hydrogens is 220 g/mol. The Bertz CT molecular complexity index is 465. The highest BCUT2D eigenvalue weighted by Crippen LogP contribution is 2.39. The Morgan fingerprint density at radius 3 is 2.76 bits per heavy atom. The summed E-state index contributed by atoms with van der Waals surface area (Å²) in [6, 6.07) is 3.67. The lowest BCUT2D eigenvalue weighted by atomic mass is 9.95. The van der Waals surface area contributed by atoms with Crippen molar-refractivity contribution < 1.29 is 19.1 Å². The van der Waals surface area contributed by atoms with Gasteiger partial charge in [0.15, 0.2) is 6.29 Å². The molecule has 4 nitrogen and oxygen atoms in total. The molecular formula is C13H14O4. The minimum atomic E-state index is -0.342. The van der Waals surface area contributed by atoms with Crippen LogP contribution in [0.5, 0.6) is 5.75 Å². The molecule has 0 N–H and O–H groups in total. The summed E-state index contributed by atoms with van der Waals surface area (Å²) in [5.74, 6) is -0.125. The Morgan fingerprint density at radius 1 is 1.41 bits per heavy atom. The molecule has 0 bridgehead atoms. The Morgan fingerprint density at radius 2 is 2.18 bits per heavy atom. The summed E-state index contributed by atoms with van der Waals surface area (Å²) >= 11 is 0. The van der Waals surface area contributed by atoms with Gasteiger partial charge in [0.25, 0.3) is 0 Å². The normalized spacial score (nSPS) is 17.4. The Balaban J connectivity index is 2.55. The summed E-state index contributed by atoms with van der Waals surface area (Å²) in [7, 11) is 2.87. The number of benzene rings is 1. The van der Waals surface area contributed by atoms with Gasteiger partial charge in [0.1, 0.15) is 5.75 Å². The van der Waals surface area contributed by atoms with E-state index in [0.29, 0.717) is 17.7 Å². The van der Waals surface area contributed by atoms with Crippen molar-refractivity contribution in [1.82, 2.24) is 0 Å². The molecule has 1 aromatic rings. The van der Waals surface area contributed by atoms with E-state index in [1.54, 1.807) is 6.07 Å². The van der Waals surface area contributed by atoms with Gasteiger partial charge in [-0.2, -0.15) is 0 Å². The summed E-state index contributed by atoms with van der Waals surface area (Å²) < 4.78 is 9.91. The van der Waals surface area contributed by atoms with E-state index in [1.165, 1.54) is 14.2 Å². The van der Waals surface area contributed by atoms with Gasteiger partial charge in [0.2, 0.25) is 0 Å². The smallest absolute Gasteiger partial charge is 0.313 e. The summed E-state index contributed by atoms with van der Waals surface area (Å²) in [6.45, 7) is 0. The van der Waals surface area contributed by atoms with Crippen molar-refractivity contribution >= 4 is 12.3 Å². The van der Waals surface area contributed by atoms with Crippen molar-refractivity contribution in [2.24, 2.45) is 0 Å². The van der Waals surface area contributed by atoms with Gasteiger partial charge in [-0.15, -0.1) is 0 Å². The highest BCUT2D eigenvalue weighted by Gasteiger charge is 2.33. The number of carbonyl (C=O) groups excluding carboxylic acids is 2. The summed E-state index contributed by atoms with van der Waals surface area (Å²) in [5.41, 5.74) is 2.27. The molecule has 2 rings (SSSR count). The van der Waals surface area contributed by atoms with Crippen LogP contribution in [0.1, 0.15) is 33.8 Å². The number of hydrogen-bond donors (Lipinski definition) is 0. The van der Waals surface area contributed by atoms with E-state index in [9.17, 15) is 9.59 Å². The standard InChI is InChI=1S/C13H14O4/c1-16-11-6-4-8-3-5-9(13(15)17-2)12(8)10(11)7-14/h4,6-7,9H,3,5H2,1-2H3. The third-order valence-corrected chi connectivity index (χ3v) is 3.21. The van der Waals surface area contributed by atoms with Crippen molar-refractivity contribution in [3.05, 3.63) is 28.8 Å². The van der Waals surface area contributed by atoms with Gasteiger partial charge >= 0.3 is 5.97 Å². The van der Waals surface area contributed by atoms with E-state index in [-0.39, 0.29) is 11.9 Å². The number of ether oxygens (including phenoxy) is 2. The third kappa shape index (κ3) is 1.79. The molecule has 0 aliphatic heterocycles. The zero-order valence-electron chi connectivity index (χ0n) is 9.86. The topological polar surface area (TPSA) is 52.6 Å². The van der Waals surface area contributed by atoms with Gasteiger partial charge in [-0.05, 0) is 30.0 Å². The van der Waals surface area contributed by atoms with Crippen LogP contribution in [-0.2, 0) is 16.0 Å². The van der Waals surface area contributed by atoms with E-state index in [4.69, 9.17) is 9.47 Å². The van der Waals surface area contributed by atoms with Crippen LogP contribution in [0.3, 0.4) is 0 Å². The number of fused-ring (bicyclic) bond motifs is 1. The molecule has 1 unspecified atom stereocenters. The van der Waals surface area contributed by atoms with E-state index in [0.717, 1.165) is 23.8 Å². The Kier molecular flexibility index (Phi) is 3.13. The Labute approximate surface area is 99.5 Å². The molecule has 0 spiro atoms. The summed E-state index contributed by atoms with van der Waals surface area (Å²) in [6.07, 6.45) is 2.23. The molecule has 17 heavy (non-hydrogen) atoms. The van der Waals surface area contributed by atoms with Crippen molar-refractivity contribution in [2.45, 2.75) is 18.8 Å². The highest BCUT2D eigenvalue weighted by molar-refractivity contribution is 5.89. The lowest BCUT2D eigenvalue weighted by molar-refractivity contribution is -0.142. The fraction of sp³-hybridized carbons (Fsp3) is 0.385. The number of rotatable bonds is 3. The molecule has 0 heterocycles. The molecule has 0 amide bonds. The largest absolute Gasteiger partial charge is 0.496 e. The average Bonchev–Trinajstić information content (AvgIpc) is 2.80. The van der Waals surface area contributed by atoms with Crippen LogP contribution in [0.2, 0.25) is 0 Å². The first-order valence-electron chi connectivity index (χ1n) is 5.45. The SMILES string of the molecule is COC(=O)C1CCc2ccc(OC)c(C=O)c21. The van der Waals surface area contributed by atoms with Crippen LogP contribution >= 0.6 is 0 Å². The fourth-order valence-corrected chi connectivity index (χ4v) is 2.41. The minimum Gasteiger partial charge on any atom is -0.496 e. The number of esters is 1. The summed E-state index contributed by atoms with van der Waals surface area (Å²) in [4.78, 5) is 22.8. The number of carbonyl (C=O) groups is 2. The molecule has 0 radical (unpaired) electrons. The number of methoxy groups -OCH3 is 2. The minimum absolute atomic E-state index is 0.292. The highest BCUT2D eigenvalue weighted by atomic mass is 16.5. The van der Waals surface area contributed by atoms with E-state index in [1.807, 2.05) is 6.07 Å². The van der Waals surface area contributed by atoms with Crippen molar-refractivity contribution in [3.63, 3.8) is 0 Å². The maximum absolute atomic E-state index is 11.7. The maximum Gasteiger partial charge on any atom is 0.313 e.